The number of aryl methyl sites for hydroxylation is 2. The molecule has 2 aromatic rings. The van der Waals surface area contributed by atoms with E-state index < -0.39 is 26.6 Å². The smallest absolute Gasteiger partial charge is 0.273 e. The summed E-state index contributed by atoms with van der Waals surface area (Å²) < 4.78 is 31.0. The molecular formula is C26H38ClN3O5S. The molecule has 1 fully saturated rings. The third-order valence-corrected chi connectivity index (χ3v) is 9.03. The van der Waals surface area contributed by atoms with Gasteiger partial charge in [-0.15, -0.1) is 0 Å². The molecule has 200 valence electrons. The summed E-state index contributed by atoms with van der Waals surface area (Å²) in [6.07, 6.45) is 4.57. The summed E-state index contributed by atoms with van der Waals surface area (Å²) in [5, 5.41) is 17.9. The fraction of sp³-hybridized carbons (Fsp3) is 0.615. The quantitative estimate of drug-likeness (QED) is 0.466. The number of nitrogens with zero attached hydrogens (tertiary/aromatic N) is 2. The lowest BCUT2D eigenvalue weighted by Gasteiger charge is -2.35. The molecule has 0 aliphatic heterocycles. The number of hydrogen-bond donors (Lipinski definition) is 2. The fourth-order valence-corrected chi connectivity index (χ4v) is 6.09. The molecule has 0 saturated heterocycles. The van der Waals surface area contributed by atoms with E-state index in [2.05, 4.69) is 24.3 Å². The van der Waals surface area contributed by atoms with Gasteiger partial charge in [-0.3, -0.25) is 9.48 Å². The van der Waals surface area contributed by atoms with Crippen LogP contribution in [-0.4, -0.2) is 60.0 Å². The molecule has 1 aliphatic rings. The Balaban J connectivity index is 1.79. The second-order valence-electron chi connectivity index (χ2n) is 10.2. The number of aromatic nitrogens is 2. The Labute approximate surface area is 219 Å². The van der Waals surface area contributed by atoms with E-state index in [-0.39, 0.29) is 17.3 Å². The Kier molecular flexibility index (Phi) is 9.11. The van der Waals surface area contributed by atoms with Crippen molar-refractivity contribution in [2.75, 3.05) is 19.9 Å². The minimum Gasteiger partial charge on any atom is -0.496 e. The third-order valence-electron chi connectivity index (χ3n) is 6.99. The maximum atomic E-state index is 13.0. The Hall–Kier alpha value is -2.10. The summed E-state index contributed by atoms with van der Waals surface area (Å²) in [4.78, 5) is 13.0. The van der Waals surface area contributed by atoms with E-state index >= 15 is 0 Å². The number of carbonyl (C=O) groups is 1. The number of sulfone groups is 1. The molecule has 8 nitrogen and oxygen atoms in total. The molecule has 0 unspecified atom stereocenters. The van der Waals surface area contributed by atoms with Crippen LogP contribution in [0.5, 0.6) is 5.75 Å². The van der Waals surface area contributed by atoms with Crippen molar-refractivity contribution in [1.29, 1.82) is 0 Å². The Morgan fingerprint density at radius 3 is 2.56 bits per heavy atom. The second kappa shape index (κ2) is 11.5. The second-order valence-corrected chi connectivity index (χ2v) is 12.9. The number of ether oxygens (including phenoxy) is 1. The van der Waals surface area contributed by atoms with Gasteiger partial charge < -0.3 is 15.2 Å². The van der Waals surface area contributed by atoms with Crippen molar-refractivity contribution in [1.82, 2.24) is 15.1 Å². The first-order chi connectivity index (χ1) is 16.9. The summed E-state index contributed by atoms with van der Waals surface area (Å²) in [5.74, 6) is 0.775. The van der Waals surface area contributed by atoms with Gasteiger partial charge in [-0.1, -0.05) is 31.5 Å². The van der Waals surface area contributed by atoms with E-state index in [9.17, 15) is 18.3 Å². The molecule has 1 aliphatic carbocycles. The van der Waals surface area contributed by atoms with Crippen molar-refractivity contribution >= 4 is 27.3 Å². The molecular weight excluding hydrogens is 502 g/mol. The summed E-state index contributed by atoms with van der Waals surface area (Å²) in [5.41, 5.74) is 1.44. The van der Waals surface area contributed by atoms with E-state index in [1.807, 2.05) is 25.1 Å². The van der Waals surface area contributed by atoms with E-state index in [1.165, 1.54) is 11.8 Å². The highest BCUT2D eigenvalue weighted by Gasteiger charge is 2.37. The van der Waals surface area contributed by atoms with Crippen molar-refractivity contribution in [3.8, 4) is 17.0 Å². The number of halogens is 1. The molecule has 1 amide bonds. The molecule has 1 aromatic heterocycles. The molecule has 0 atom stereocenters. The molecule has 3 rings (SSSR count). The van der Waals surface area contributed by atoms with Gasteiger partial charge in [0.15, 0.2) is 5.69 Å². The van der Waals surface area contributed by atoms with Crippen molar-refractivity contribution in [3.05, 3.63) is 34.5 Å². The third kappa shape index (κ3) is 6.61. The molecule has 1 aromatic carbocycles. The number of hydrogen-bond acceptors (Lipinski definition) is 6. The zero-order chi connectivity index (χ0) is 26.7. The number of carbonyl (C=O) groups excluding carboxylic acids is 1. The molecule has 0 spiro atoms. The number of methoxy groups -OCH3 is 1. The predicted molar refractivity (Wildman–Crippen MR) is 142 cm³/mol. The molecule has 1 saturated carbocycles. The number of nitrogens with one attached hydrogen (secondary N) is 1. The SMILES string of the molecule is CCn1nc(C(=O)NC[C@]2(O)CC[C@@H](S(C)(=O)=O)CC2)c(Cl)c1-c1ccc(CCC(C)C)cc1OC. The summed E-state index contributed by atoms with van der Waals surface area (Å²) >= 11 is 6.71. The molecule has 0 radical (unpaired) electrons. The van der Waals surface area contributed by atoms with E-state index in [1.54, 1.807) is 11.8 Å². The zero-order valence-corrected chi connectivity index (χ0v) is 23.4. The Bertz CT molecular complexity index is 1180. The number of benzene rings is 1. The first-order valence-corrected chi connectivity index (χ1v) is 14.8. The van der Waals surface area contributed by atoms with Gasteiger partial charge in [-0.25, -0.2) is 8.42 Å². The largest absolute Gasteiger partial charge is 0.496 e. The van der Waals surface area contributed by atoms with Gasteiger partial charge in [0.2, 0.25) is 0 Å². The number of rotatable bonds is 10. The minimum atomic E-state index is -3.14. The fourth-order valence-electron chi connectivity index (χ4n) is 4.68. The standard InChI is InChI=1S/C26H38ClN3O5S/c1-6-30-24(20-10-9-18(8-7-17(2)3)15-21(20)35-4)22(27)23(29-30)25(31)28-16-26(32)13-11-19(12-14-26)36(5,33)34/h9-10,15,17,19,32H,6-8,11-14,16H2,1-5H3,(H,28,31)/t19-,26+. The first kappa shape index (κ1) is 28.5. The van der Waals surface area contributed by atoms with Crippen LogP contribution in [0.2, 0.25) is 5.02 Å². The molecule has 36 heavy (non-hydrogen) atoms. The van der Waals surface area contributed by atoms with Crippen molar-refractivity contribution < 1.29 is 23.1 Å². The maximum absolute atomic E-state index is 13.0. The van der Waals surface area contributed by atoms with E-state index in [4.69, 9.17) is 16.3 Å². The highest BCUT2D eigenvalue weighted by atomic mass is 35.5. The van der Waals surface area contributed by atoms with Gasteiger partial charge in [0.05, 0.1) is 28.7 Å². The lowest BCUT2D eigenvalue weighted by molar-refractivity contribution is 0.00606. The van der Waals surface area contributed by atoms with Crippen LogP contribution in [0, 0.1) is 5.92 Å². The van der Waals surface area contributed by atoms with E-state index in [0.29, 0.717) is 49.6 Å². The normalized spacial score (nSPS) is 20.5. The van der Waals surface area contributed by atoms with Crippen LogP contribution < -0.4 is 10.1 Å². The van der Waals surface area contributed by atoms with Crippen LogP contribution in [0.3, 0.4) is 0 Å². The summed E-state index contributed by atoms with van der Waals surface area (Å²) in [6.45, 7) is 6.80. The number of amides is 1. The Morgan fingerprint density at radius 2 is 2.00 bits per heavy atom. The molecule has 2 N–H and O–H groups in total. The van der Waals surface area contributed by atoms with Crippen LogP contribution in [0.15, 0.2) is 18.2 Å². The maximum Gasteiger partial charge on any atom is 0.273 e. The topological polar surface area (TPSA) is 111 Å². The van der Waals surface area contributed by atoms with Crippen LogP contribution in [-0.2, 0) is 22.8 Å². The van der Waals surface area contributed by atoms with Gasteiger partial charge in [0.25, 0.3) is 5.91 Å². The average Bonchev–Trinajstić information content (AvgIpc) is 3.16. The number of aliphatic hydroxyl groups is 1. The highest BCUT2D eigenvalue weighted by molar-refractivity contribution is 7.91. The van der Waals surface area contributed by atoms with Gasteiger partial charge in [0.1, 0.15) is 15.6 Å². The van der Waals surface area contributed by atoms with Crippen LogP contribution in [0.1, 0.15) is 68.9 Å². The summed E-state index contributed by atoms with van der Waals surface area (Å²) in [6, 6.07) is 6.00. The monoisotopic (exact) mass is 539 g/mol. The Morgan fingerprint density at radius 1 is 1.33 bits per heavy atom. The van der Waals surface area contributed by atoms with Crippen molar-refractivity contribution in [2.45, 2.75) is 76.7 Å². The van der Waals surface area contributed by atoms with Gasteiger partial charge >= 0.3 is 0 Å². The first-order valence-electron chi connectivity index (χ1n) is 12.5. The van der Waals surface area contributed by atoms with Gasteiger partial charge in [0, 0.05) is 24.9 Å². The van der Waals surface area contributed by atoms with Gasteiger partial charge in [-0.05, 0) is 69.1 Å². The zero-order valence-electron chi connectivity index (χ0n) is 21.8. The molecule has 1 heterocycles. The lowest BCUT2D eigenvalue weighted by Crippen LogP contribution is -2.47. The average molecular weight is 540 g/mol. The lowest BCUT2D eigenvalue weighted by atomic mass is 9.84. The van der Waals surface area contributed by atoms with Crippen LogP contribution in [0.25, 0.3) is 11.3 Å². The minimum absolute atomic E-state index is 0.000825. The van der Waals surface area contributed by atoms with Gasteiger partial charge in [-0.2, -0.15) is 5.10 Å². The van der Waals surface area contributed by atoms with Crippen LogP contribution in [0.4, 0.5) is 0 Å². The predicted octanol–water partition coefficient (Wildman–Crippen LogP) is 4.27. The summed E-state index contributed by atoms with van der Waals surface area (Å²) in [7, 11) is -1.53. The molecule has 0 bridgehead atoms. The molecule has 10 heteroatoms. The highest BCUT2D eigenvalue weighted by Crippen LogP contribution is 2.38. The van der Waals surface area contributed by atoms with E-state index in [0.717, 1.165) is 18.4 Å². The van der Waals surface area contributed by atoms with Crippen molar-refractivity contribution in [2.24, 2.45) is 5.92 Å². The van der Waals surface area contributed by atoms with Crippen LogP contribution >= 0.6 is 11.6 Å². The van der Waals surface area contributed by atoms with Crippen molar-refractivity contribution in [3.63, 3.8) is 0 Å².